The largest absolute Gasteiger partial charge is 0.271 e. The van der Waals surface area contributed by atoms with Crippen LogP contribution in [0.4, 0.5) is 8.78 Å². The fourth-order valence-corrected chi connectivity index (χ4v) is 4.47. The summed E-state index contributed by atoms with van der Waals surface area (Å²) >= 11 is 0. The van der Waals surface area contributed by atoms with Crippen molar-refractivity contribution in [1.29, 1.82) is 0 Å². The molecule has 1 aliphatic rings. The first kappa shape index (κ1) is 20.1. The van der Waals surface area contributed by atoms with Gasteiger partial charge in [0.25, 0.3) is 5.91 Å². The van der Waals surface area contributed by atoms with Gasteiger partial charge >= 0.3 is 0 Å². The number of carbonyl (C=O) groups excluding carboxylic acids is 1. The lowest BCUT2D eigenvalue weighted by Crippen LogP contribution is -2.28. The number of benzene rings is 2. The summed E-state index contributed by atoms with van der Waals surface area (Å²) in [6, 6.07) is 8.56. The van der Waals surface area contributed by atoms with Crippen molar-refractivity contribution in [2.24, 2.45) is 5.10 Å². The molecule has 1 aliphatic heterocycles. The van der Waals surface area contributed by atoms with Crippen LogP contribution in [0, 0.1) is 11.6 Å². The molecule has 0 unspecified atom stereocenters. The number of nitrogens with one attached hydrogen (secondary N) is 1. The van der Waals surface area contributed by atoms with Crippen molar-refractivity contribution in [2.75, 3.05) is 13.1 Å². The number of hydrogen-bond acceptors (Lipinski definition) is 4. The molecule has 3 rings (SSSR count). The molecule has 1 fully saturated rings. The van der Waals surface area contributed by atoms with Gasteiger partial charge in [-0.25, -0.2) is 22.6 Å². The number of carbonyl (C=O) groups is 1. The lowest BCUT2D eigenvalue weighted by molar-refractivity contribution is 0.0954. The highest BCUT2D eigenvalue weighted by atomic mass is 32.2. The molecule has 0 saturated carbocycles. The predicted octanol–water partition coefficient (Wildman–Crippen LogP) is 2.90. The van der Waals surface area contributed by atoms with E-state index in [2.05, 4.69) is 10.5 Å². The normalized spacial score (nSPS) is 15.6. The zero-order valence-corrected chi connectivity index (χ0v) is 16.0. The van der Waals surface area contributed by atoms with E-state index < -0.39 is 27.6 Å². The first-order chi connectivity index (χ1) is 13.3. The van der Waals surface area contributed by atoms with Gasteiger partial charge in [0.05, 0.1) is 10.6 Å². The summed E-state index contributed by atoms with van der Waals surface area (Å²) in [4.78, 5) is 12.4. The molecule has 9 heteroatoms. The second kappa shape index (κ2) is 8.15. The van der Waals surface area contributed by atoms with Gasteiger partial charge < -0.3 is 0 Å². The third kappa shape index (κ3) is 4.26. The summed E-state index contributed by atoms with van der Waals surface area (Å²) in [6.45, 7) is 2.34. The minimum absolute atomic E-state index is 0.0268. The zero-order valence-electron chi connectivity index (χ0n) is 15.2. The Morgan fingerprint density at radius 2 is 1.82 bits per heavy atom. The number of halogens is 2. The van der Waals surface area contributed by atoms with Crippen LogP contribution < -0.4 is 5.43 Å². The summed E-state index contributed by atoms with van der Waals surface area (Å²) in [5, 5.41) is 3.79. The van der Waals surface area contributed by atoms with E-state index in [0.717, 1.165) is 31.0 Å². The Hall–Kier alpha value is -2.65. The number of sulfonamides is 1. The van der Waals surface area contributed by atoms with E-state index in [4.69, 9.17) is 0 Å². The third-order valence-corrected chi connectivity index (χ3v) is 6.34. The van der Waals surface area contributed by atoms with Crippen molar-refractivity contribution in [2.45, 2.75) is 24.7 Å². The zero-order chi connectivity index (χ0) is 20.3. The molecule has 1 heterocycles. The van der Waals surface area contributed by atoms with Crippen LogP contribution in [0.15, 0.2) is 52.5 Å². The van der Waals surface area contributed by atoms with E-state index in [1.807, 2.05) is 0 Å². The van der Waals surface area contributed by atoms with Crippen molar-refractivity contribution >= 4 is 21.6 Å². The molecule has 0 aromatic heterocycles. The van der Waals surface area contributed by atoms with Gasteiger partial charge in [0.2, 0.25) is 10.0 Å². The highest BCUT2D eigenvalue weighted by Gasteiger charge is 2.27. The standard InChI is InChI=1S/C19H19F2N3O3S/c1-13(17-12-15(20)7-8-18(17)21)22-23-19(25)14-5-4-6-16(11-14)28(26,27)24-9-2-3-10-24/h4-8,11-12H,2-3,9-10H2,1H3,(H,23,25)/b22-13-. The topological polar surface area (TPSA) is 78.8 Å². The van der Waals surface area contributed by atoms with Gasteiger partial charge in [-0.1, -0.05) is 6.07 Å². The molecule has 28 heavy (non-hydrogen) atoms. The van der Waals surface area contributed by atoms with Crippen molar-refractivity contribution in [3.8, 4) is 0 Å². The highest BCUT2D eigenvalue weighted by molar-refractivity contribution is 7.89. The van der Waals surface area contributed by atoms with E-state index in [-0.39, 0.29) is 21.7 Å². The van der Waals surface area contributed by atoms with Crippen LogP contribution in [0.1, 0.15) is 35.7 Å². The second-order valence-corrected chi connectivity index (χ2v) is 8.34. The summed E-state index contributed by atoms with van der Waals surface area (Å²) in [5.41, 5.74) is 2.33. The van der Waals surface area contributed by atoms with Crippen molar-refractivity contribution in [3.63, 3.8) is 0 Å². The Morgan fingerprint density at radius 1 is 1.11 bits per heavy atom. The third-order valence-electron chi connectivity index (χ3n) is 4.44. The minimum atomic E-state index is -3.65. The average Bonchev–Trinajstić information content (AvgIpc) is 3.23. The Labute approximate surface area is 161 Å². The van der Waals surface area contributed by atoms with Gasteiger partial charge in [-0.3, -0.25) is 4.79 Å². The molecule has 1 N–H and O–H groups in total. The summed E-state index contributed by atoms with van der Waals surface area (Å²) in [5.74, 6) is -1.96. The molecule has 2 aromatic rings. The van der Waals surface area contributed by atoms with Crippen molar-refractivity contribution < 1.29 is 22.0 Å². The number of hydrazone groups is 1. The summed E-state index contributed by atoms with van der Waals surface area (Å²) < 4.78 is 53.7. The molecule has 6 nitrogen and oxygen atoms in total. The lowest BCUT2D eigenvalue weighted by Gasteiger charge is -2.15. The number of hydrogen-bond donors (Lipinski definition) is 1. The molecule has 0 aliphatic carbocycles. The Kier molecular flexibility index (Phi) is 5.85. The Morgan fingerprint density at radius 3 is 2.54 bits per heavy atom. The van der Waals surface area contributed by atoms with E-state index >= 15 is 0 Å². The predicted molar refractivity (Wildman–Crippen MR) is 100 cm³/mol. The molecule has 0 atom stereocenters. The fourth-order valence-electron chi connectivity index (χ4n) is 2.91. The molecule has 2 aromatic carbocycles. The maximum Gasteiger partial charge on any atom is 0.271 e. The molecular weight excluding hydrogens is 388 g/mol. The first-order valence-electron chi connectivity index (χ1n) is 8.69. The number of amides is 1. The molecule has 1 saturated heterocycles. The lowest BCUT2D eigenvalue weighted by atomic mass is 10.1. The number of rotatable bonds is 5. The molecule has 0 radical (unpaired) electrons. The monoisotopic (exact) mass is 407 g/mol. The Bertz CT molecular complexity index is 1030. The molecule has 0 bridgehead atoms. The van der Waals surface area contributed by atoms with Crippen LogP contribution in [0.3, 0.4) is 0 Å². The average molecular weight is 407 g/mol. The van der Waals surface area contributed by atoms with Gasteiger partial charge in [0, 0.05) is 24.2 Å². The fraction of sp³-hybridized carbons (Fsp3) is 0.263. The van der Waals surface area contributed by atoms with Crippen LogP contribution in [0.5, 0.6) is 0 Å². The van der Waals surface area contributed by atoms with Gasteiger partial charge in [0.1, 0.15) is 11.6 Å². The Balaban J connectivity index is 1.79. The molecule has 148 valence electrons. The van der Waals surface area contributed by atoms with E-state index in [0.29, 0.717) is 13.1 Å². The van der Waals surface area contributed by atoms with Crippen molar-refractivity contribution in [3.05, 3.63) is 65.2 Å². The van der Waals surface area contributed by atoms with Gasteiger partial charge in [-0.15, -0.1) is 0 Å². The van der Waals surface area contributed by atoms with E-state index in [1.54, 1.807) is 0 Å². The SMILES string of the molecule is C/C(=N/NC(=O)c1cccc(S(=O)(=O)N2CCCC2)c1)c1cc(F)ccc1F. The second-order valence-electron chi connectivity index (χ2n) is 6.40. The van der Waals surface area contributed by atoms with E-state index in [9.17, 15) is 22.0 Å². The van der Waals surface area contributed by atoms with Gasteiger partial charge in [-0.2, -0.15) is 9.41 Å². The van der Waals surface area contributed by atoms with Crippen LogP contribution >= 0.6 is 0 Å². The maximum absolute atomic E-state index is 13.8. The molecule has 1 amide bonds. The molecular formula is C19H19F2N3O3S. The van der Waals surface area contributed by atoms with E-state index in [1.165, 1.54) is 35.5 Å². The van der Waals surface area contributed by atoms with Crippen LogP contribution in [0.25, 0.3) is 0 Å². The van der Waals surface area contributed by atoms with Crippen LogP contribution in [-0.4, -0.2) is 37.4 Å². The highest BCUT2D eigenvalue weighted by Crippen LogP contribution is 2.21. The van der Waals surface area contributed by atoms with Crippen LogP contribution in [-0.2, 0) is 10.0 Å². The van der Waals surface area contributed by atoms with Crippen LogP contribution in [0.2, 0.25) is 0 Å². The number of nitrogens with zero attached hydrogens (tertiary/aromatic N) is 2. The smallest absolute Gasteiger partial charge is 0.267 e. The van der Waals surface area contributed by atoms with Crippen molar-refractivity contribution in [1.82, 2.24) is 9.73 Å². The summed E-state index contributed by atoms with van der Waals surface area (Å²) in [6.07, 6.45) is 1.62. The quantitative estimate of drug-likeness (QED) is 0.612. The maximum atomic E-state index is 13.8. The summed E-state index contributed by atoms with van der Waals surface area (Å²) in [7, 11) is -3.65. The first-order valence-corrected chi connectivity index (χ1v) is 10.1. The van der Waals surface area contributed by atoms with Gasteiger partial charge in [-0.05, 0) is 56.2 Å². The minimum Gasteiger partial charge on any atom is -0.267 e. The molecule has 0 spiro atoms. The van der Waals surface area contributed by atoms with Gasteiger partial charge in [0.15, 0.2) is 0 Å².